The van der Waals surface area contributed by atoms with Gasteiger partial charge in [-0.25, -0.2) is 4.98 Å². The summed E-state index contributed by atoms with van der Waals surface area (Å²) in [5, 5.41) is 0. The normalized spacial score (nSPS) is 17.5. The summed E-state index contributed by atoms with van der Waals surface area (Å²) in [4.78, 5) is 9.35. The molecule has 2 aromatic rings. The Kier molecular flexibility index (Phi) is 5.17. The number of fused-ring (bicyclic) bond motifs is 1. The van der Waals surface area contributed by atoms with E-state index in [0.717, 1.165) is 57.3 Å². The maximum absolute atomic E-state index is 5.97. The van der Waals surface area contributed by atoms with Crippen molar-refractivity contribution in [2.24, 2.45) is 0 Å². The maximum Gasteiger partial charge on any atom is 0.128 e. The smallest absolute Gasteiger partial charge is 0.128 e. The van der Waals surface area contributed by atoms with Crippen molar-refractivity contribution in [3.8, 4) is 5.75 Å². The number of hydrogen-bond acceptors (Lipinski definition) is 4. The molecule has 4 rings (SSSR count). The Hall–Kier alpha value is -2.07. The number of benzene rings is 1. The van der Waals surface area contributed by atoms with Gasteiger partial charge in [-0.2, -0.15) is 0 Å². The molecule has 1 aliphatic heterocycles. The average Bonchev–Trinajstić information content (AvgIpc) is 3.14. The maximum atomic E-state index is 5.97. The van der Waals surface area contributed by atoms with Crippen molar-refractivity contribution in [1.82, 2.24) is 9.88 Å². The van der Waals surface area contributed by atoms with Crippen LogP contribution in [0.25, 0.3) is 0 Å². The molecular formula is C21H27N3O. The predicted octanol–water partition coefficient (Wildman–Crippen LogP) is 3.16. The number of aromatic nitrogens is 1. The second-order valence-electron chi connectivity index (χ2n) is 7.00. The van der Waals surface area contributed by atoms with E-state index < -0.39 is 0 Å². The molecular weight excluding hydrogens is 310 g/mol. The van der Waals surface area contributed by atoms with Crippen molar-refractivity contribution >= 4 is 5.82 Å². The highest BCUT2D eigenvalue weighted by Gasteiger charge is 2.17. The standard InChI is InChI=1S/C21H27N3O/c1-2-10-22-21(7-1)24-14-12-23(13-15-24)11-4-16-25-20-9-8-18-5-3-6-19(18)17-20/h1-2,7-10,17H,3-6,11-16H2. The lowest BCUT2D eigenvalue weighted by atomic mass is 10.1. The van der Waals surface area contributed by atoms with Crippen molar-refractivity contribution in [1.29, 1.82) is 0 Å². The molecule has 1 aliphatic carbocycles. The molecule has 1 aromatic heterocycles. The molecule has 4 nitrogen and oxygen atoms in total. The Balaban J connectivity index is 1.16. The molecule has 0 radical (unpaired) electrons. The highest BCUT2D eigenvalue weighted by atomic mass is 16.5. The summed E-state index contributed by atoms with van der Waals surface area (Å²) < 4.78 is 5.97. The van der Waals surface area contributed by atoms with E-state index in [4.69, 9.17) is 4.74 Å². The van der Waals surface area contributed by atoms with Gasteiger partial charge in [0, 0.05) is 38.9 Å². The van der Waals surface area contributed by atoms with Crippen molar-refractivity contribution in [2.45, 2.75) is 25.7 Å². The van der Waals surface area contributed by atoms with Crippen LogP contribution in [0, 0.1) is 0 Å². The van der Waals surface area contributed by atoms with Gasteiger partial charge in [-0.1, -0.05) is 12.1 Å². The molecule has 0 amide bonds. The molecule has 0 N–H and O–H groups in total. The molecule has 0 unspecified atom stereocenters. The first kappa shape index (κ1) is 16.4. The first-order valence-corrected chi connectivity index (χ1v) is 9.51. The molecule has 1 fully saturated rings. The second kappa shape index (κ2) is 7.87. The highest BCUT2D eigenvalue weighted by Crippen LogP contribution is 2.26. The van der Waals surface area contributed by atoms with Crippen LogP contribution in [-0.2, 0) is 12.8 Å². The van der Waals surface area contributed by atoms with E-state index >= 15 is 0 Å². The minimum atomic E-state index is 0.805. The largest absolute Gasteiger partial charge is 0.494 e. The minimum absolute atomic E-state index is 0.805. The molecule has 2 aliphatic rings. The fraction of sp³-hybridized carbons (Fsp3) is 0.476. The molecule has 1 saturated heterocycles. The molecule has 2 heterocycles. The van der Waals surface area contributed by atoms with Crippen LogP contribution < -0.4 is 9.64 Å². The SMILES string of the molecule is c1ccc(N2CCN(CCCOc3ccc4c(c3)CCC4)CC2)nc1. The van der Waals surface area contributed by atoms with Crippen LogP contribution in [0.4, 0.5) is 5.82 Å². The number of rotatable bonds is 6. The van der Waals surface area contributed by atoms with E-state index in [1.165, 1.54) is 30.4 Å². The third kappa shape index (κ3) is 4.13. The Labute approximate surface area is 150 Å². The van der Waals surface area contributed by atoms with E-state index in [1.54, 1.807) is 0 Å². The van der Waals surface area contributed by atoms with Gasteiger partial charge < -0.3 is 9.64 Å². The molecule has 0 atom stereocenters. The number of hydrogen-bond donors (Lipinski definition) is 0. The van der Waals surface area contributed by atoms with E-state index in [2.05, 4.69) is 45.1 Å². The van der Waals surface area contributed by atoms with Gasteiger partial charge in [0.15, 0.2) is 0 Å². The van der Waals surface area contributed by atoms with Gasteiger partial charge in [-0.3, -0.25) is 4.90 Å². The zero-order chi connectivity index (χ0) is 16.9. The third-order valence-corrected chi connectivity index (χ3v) is 5.30. The quantitative estimate of drug-likeness (QED) is 0.757. The molecule has 25 heavy (non-hydrogen) atoms. The van der Waals surface area contributed by atoms with Gasteiger partial charge in [-0.15, -0.1) is 0 Å². The lowest BCUT2D eigenvalue weighted by molar-refractivity contribution is 0.224. The van der Waals surface area contributed by atoms with Crippen LogP contribution in [0.1, 0.15) is 24.0 Å². The molecule has 132 valence electrons. The van der Waals surface area contributed by atoms with Gasteiger partial charge in [0.05, 0.1) is 6.61 Å². The van der Waals surface area contributed by atoms with Crippen molar-refractivity contribution in [3.63, 3.8) is 0 Å². The first-order chi connectivity index (χ1) is 12.4. The van der Waals surface area contributed by atoms with Gasteiger partial charge in [0.25, 0.3) is 0 Å². The molecule has 0 saturated carbocycles. The predicted molar refractivity (Wildman–Crippen MR) is 101 cm³/mol. The molecule has 4 heteroatoms. The summed E-state index contributed by atoms with van der Waals surface area (Å²) in [6, 6.07) is 12.8. The zero-order valence-corrected chi connectivity index (χ0v) is 14.9. The van der Waals surface area contributed by atoms with E-state index in [0.29, 0.717) is 0 Å². The topological polar surface area (TPSA) is 28.6 Å². The first-order valence-electron chi connectivity index (χ1n) is 9.51. The zero-order valence-electron chi connectivity index (χ0n) is 14.9. The van der Waals surface area contributed by atoms with Crippen LogP contribution in [0.2, 0.25) is 0 Å². The summed E-state index contributed by atoms with van der Waals surface area (Å²) in [7, 11) is 0. The fourth-order valence-corrected chi connectivity index (χ4v) is 3.86. The van der Waals surface area contributed by atoms with Crippen molar-refractivity contribution in [2.75, 3.05) is 44.2 Å². The van der Waals surface area contributed by atoms with Crippen LogP contribution in [-0.4, -0.2) is 49.2 Å². The average molecular weight is 337 g/mol. The Bertz CT molecular complexity index is 681. The molecule has 0 spiro atoms. The van der Waals surface area contributed by atoms with Gasteiger partial charge >= 0.3 is 0 Å². The number of anilines is 1. The lowest BCUT2D eigenvalue weighted by Crippen LogP contribution is -2.47. The molecule has 1 aromatic carbocycles. The van der Waals surface area contributed by atoms with Crippen LogP contribution in [0.5, 0.6) is 5.75 Å². The van der Waals surface area contributed by atoms with E-state index in [1.807, 2.05) is 12.3 Å². The number of piperazine rings is 1. The summed E-state index contributed by atoms with van der Waals surface area (Å²) in [5.41, 5.74) is 3.00. The van der Waals surface area contributed by atoms with E-state index in [9.17, 15) is 0 Å². The number of ether oxygens (including phenoxy) is 1. The molecule has 0 bridgehead atoms. The lowest BCUT2D eigenvalue weighted by Gasteiger charge is -2.35. The summed E-state index contributed by atoms with van der Waals surface area (Å²) in [6.07, 6.45) is 6.70. The number of aryl methyl sites for hydroxylation is 2. The Morgan fingerprint density at radius 1 is 0.960 bits per heavy atom. The van der Waals surface area contributed by atoms with Crippen LogP contribution >= 0.6 is 0 Å². The van der Waals surface area contributed by atoms with Crippen LogP contribution in [0.15, 0.2) is 42.6 Å². The Morgan fingerprint density at radius 2 is 1.84 bits per heavy atom. The monoisotopic (exact) mass is 337 g/mol. The van der Waals surface area contributed by atoms with Crippen molar-refractivity contribution < 1.29 is 4.74 Å². The minimum Gasteiger partial charge on any atom is -0.494 e. The fourth-order valence-electron chi connectivity index (χ4n) is 3.86. The van der Waals surface area contributed by atoms with E-state index in [-0.39, 0.29) is 0 Å². The summed E-state index contributed by atoms with van der Waals surface area (Å²) >= 11 is 0. The Morgan fingerprint density at radius 3 is 2.68 bits per heavy atom. The van der Waals surface area contributed by atoms with Gasteiger partial charge in [-0.05, 0) is 61.1 Å². The third-order valence-electron chi connectivity index (χ3n) is 5.30. The van der Waals surface area contributed by atoms with Crippen LogP contribution in [0.3, 0.4) is 0 Å². The second-order valence-corrected chi connectivity index (χ2v) is 7.00. The summed E-state index contributed by atoms with van der Waals surface area (Å²) in [6.45, 7) is 6.25. The highest BCUT2D eigenvalue weighted by molar-refractivity contribution is 5.39. The number of pyridine rings is 1. The van der Waals surface area contributed by atoms with Gasteiger partial charge in [0.1, 0.15) is 11.6 Å². The number of nitrogens with zero attached hydrogens (tertiary/aromatic N) is 3. The summed E-state index contributed by atoms with van der Waals surface area (Å²) in [5.74, 6) is 2.14. The van der Waals surface area contributed by atoms with Gasteiger partial charge in [0.2, 0.25) is 0 Å². The van der Waals surface area contributed by atoms with Crippen molar-refractivity contribution in [3.05, 3.63) is 53.7 Å².